The Morgan fingerprint density at radius 3 is 2.61 bits per heavy atom. The van der Waals surface area contributed by atoms with E-state index in [4.69, 9.17) is 32.4 Å². The quantitative estimate of drug-likeness (QED) is 0.268. The Bertz CT molecular complexity index is 1410. The molecule has 0 spiro atoms. The molecule has 0 aliphatic carbocycles. The van der Waals surface area contributed by atoms with E-state index >= 15 is 0 Å². The van der Waals surface area contributed by atoms with Crippen LogP contribution in [0.1, 0.15) is 38.8 Å². The van der Waals surface area contributed by atoms with Gasteiger partial charge in [0.2, 0.25) is 0 Å². The van der Waals surface area contributed by atoms with E-state index < -0.39 is 17.6 Å². The van der Waals surface area contributed by atoms with Gasteiger partial charge in [-0.3, -0.25) is 9.48 Å². The molecule has 2 heterocycles. The molecule has 4 rings (SSSR count). The Morgan fingerprint density at radius 2 is 1.86 bits per heavy atom. The third kappa shape index (κ3) is 5.68. The number of nitrogens with one attached hydrogen (secondary N) is 1. The molecule has 0 aliphatic rings. The number of furan rings is 1. The van der Waals surface area contributed by atoms with E-state index in [-0.39, 0.29) is 23.9 Å². The zero-order valence-corrected chi connectivity index (χ0v) is 20.6. The molecule has 0 saturated heterocycles. The zero-order valence-electron chi connectivity index (χ0n) is 19.1. The van der Waals surface area contributed by atoms with Gasteiger partial charge in [-0.05, 0) is 55.8 Å². The van der Waals surface area contributed by atoms with Gasteiger partial charge in [0.25, 0.3) is 5.91 Å². The van der Waals surface area contributed by atoms with Crippen LogP contribution in [0.15, 0.2) is 59.0 Å². The molecule has 2 aromatic heterocycles. The highest BCUT2D eigenvalue weighted by Crippen LogP contribution is 2.32. The summed E-state index contributed by atoms with van der Waals surface area (Å²) >= 11 is 12.1. The number of alkyl halides is 3. The van der Waals surface area contributed by atoms with Gasteiger partial charge in [-0.1, -0.05) is 41.4 Å². The number of carbonyl (C=O) groups is 1. The first-order valence-electron chi connectivity index (χ1n) is 10.7. The van der Waals surface area contributed by atoms with Crippen molar-refractivity contribution in [2.24, 2.45) is 0 Å². The van der Waals surface area contributed by atoms with E-state index in [0.717, 1.165) is 12.1 Å². The van der Waals surface area contributed by atoms with Crippen molar-refractivity contribution >= 4 is 34.8 Å². The number of rotatable bonds is 7. The van der Waals surface area contributed by atoms with Gasteiger partial charge in [0.15, 0.2) is 5.76 Å². The van der Waals surface area contributed by atoms with Crippen molar-refractivity contribution < 1.29 is 27.1 Å². The van der Waals surface area contributed by atoms with Gasteiger partial charge in [0.1, 0.15) is 23.1 Å². The lowest BCUT2D eigenvalue weighted by molar-refractivity contribution is -0.137. The highest BCUT2D eigenvalue weighted by Gasteiger charge is 2.30. The number of aromatic nitrogens is 2. The molecule has 4 aromatic rings. The minimum absolute atomic E-state index is 0.0281. The number of amides is 1. The van der Waals surface area contributed by atoms with Crippen LogP contribution in [0.25, 0.3) is 0 Å². The van der Waals surface area contributed by atoms with Crippen LogP contribution in [0.4, 0.5) is 18.9 Å². The van der Waals surface area contributed by atoms with Crippen molar-refractivity contribution in [3.8, 4) is 5.75 Å². The number of carbonyl (C=O) groups excluding carboxylic acids is 1. The summed E-state index contributed by atoms with van der Waals surface area (Å²) in [4.78, 5) is 12.8. The van der Waals surface area contributed by atoms with Gasteiger partial charge >= 0.3 is 6.18 Å². The van der Waals surface area contributed by atoms with E-state index in [0.29, 0.717) is 39.2 Å². The van der Waals surface area contributed by atoms with Crippen LogP contribution >= 0.6 is 23.2 Å². The fourth-order valence-corrected chi connectivity index (χ4v) is 3.89. The summed E-state index contributed by atoms with van der Waals surface area (Å²) < 4.78 is 51.8. The van der Waals surface area contributed by atoms with Crippen molar-refractivity contribution in [3.63, 3.8) is 0 Å². The van der Waals surface area contributed by atoms with Crippen LogP contribution in [0, 0.1) is 13.8 Å². The first-order valence-corrected chi connectivity index (χ1v) is 11.5. The average Bonchev–Trinajstić information content (AvgIpc) is 3.40. The van der Waals surface area contributed by atoms with Crippen molar-refractivity contribution in [2.75, 3.05) is 5.32 Å². The second-order valence-corrected chi connectivity index (χ2v) is 8.75. The van der Waals surface area contributed by atoms with E-state index in [1.54, 1.807) is 44.2 Å². The summed E-state index contributed by atoms with van der Waals surface area (Å²) in [6.07, 6.45) is -4.43. The first-order chi connectivity index (χ1) is 17.0. The molecule has 0 bridgehead atoms. The van der Waals surface area contributed by atoms with E-state index in [9.17, 15) is 18.0 Å². The molecule has 1 N–H and O–H groups in total. The lowest BCUT2D eigenvalue weighted by Gasteiger charge is -2.10. The van der Waals surface area contributed by atoms with Crippen LogP contribution in [0.2, 0.25) is 10.0 Å². The van der Waals surface area contributed by atoms with Crippen LogP contribution in [-0.2, 0) is 19.3 Å². The SMILES string of the molecule is Cc1nn(Cc2cccc(C(F)(F)F)c2)c(C)c1NC(=O)c1ccc(COc2cccc(Cl)c2Cl)o1. The lowest BCUT2D eigenvalue weighted by Crippen LogP contribution is -2.13. The van der Waals surface area contributed by atoms with E-state index in [1.807, 2.05) is 0 Å². The highest BCUT2D eigenvalue weighted by atomic mass is 35.5. The summed E-state index contributed by atoms with van der Waals surface area (Å²) in [5.74, 6) is 0.318. The molecular formula is C25H20Cl2F3N3O3. The molecule has 36 heavy (non-hydrogen) atoms. The van der Waals surface area contributed by atoms with Crippen molar-refractivity contribution in [1.29, 1.82) is 0 Å². The third-order valence-corrected chi connectivity index (χ3v) is 6.18. The topological polar surface area (TPSA) is 69.3 Å². The molecule has 1 amide bonds. The van der Waals surface area contributed by atoms with Gasteiger partial charge in [-0.15, -0.1) is 0 Å². The van der Waals surface area contributed by atoms with Crippen molar-refractivity contribution in [3.05, 3.63) is 98.7 Å². The lowest BCUT2D eigenvalue weighted by atomic mass is 10.1. The van der Waals surface area contributed by atoms with Crippen LogP contribution in [0.5, 0.6) is 5.75 Å². The van der Waals surface area contributed by atoms with E-state index in [1.165, 1.54) is 16.8 Å². The molecule has 0 atom stereocenters. The minimum atomic E-state index is -4.43. The summed E-state index contributed by atoms with van der Waals surface area (Å²) in [7, 11) is 0. The van der Waals surface area contributed by atoms with E-state index in [2.05, 4.69) is 10.4 Å². The average molecular weight is 538 g/mol. The molecule has 0 radical (unpaired) electrons. The second-order valence-electron chi connectivity index (χ2n) is 7.96. The molecule has 11 heteroatoms. The molecule has 2 aromatic carbocycles. The number of ether oxygens (including phenoxy) is 1. The number of nitrogens with zero attached hydrogens (tertiary/aromatic N) is 2. The fourth-order valence-electron chi connectivity index (χ4n) is 3.55. The first kappa shape index (κ1) is 25.7. The number of halogens is 5. The Kier molecular flexibility index (Phi) is 7.33. The normalized spacial score (nSPS) is 11.5. The molecule has 0 saturated carbocycles. The Labute approximate surface area is 214 Å². The maximum Gasteiger partial charge on any atom is 0.416 e. The predicted octanol–water partition coefficient (Wildman–Crippen LogP) is 7.30. The standard InChI is InChI=1S/C25H20Cl2F3N3O3/c1-14-23(15(2)33(32-14)12-16-5-3-6-17(11-16)25(28,29)30)31-24(34)21-10-9-18(36-21)13-35-20-8-4-7-19(26)22(20)27/h3-11H,12-13H2,1-2H3,(H,31,34). The van der Waals surface area contributed by atoms with Gasteiger partial charge in [-0.2, -0.15) is 18.3 Å². The summed E-state index contributed by atoms with van der Waals surface area (Å²) in [6.45, 7) is 3.56. The van der Waals surface area contributed by atoms with Gasteiger partial charge in [0.05, 0.1) is 34.2 Å². The number of anilines is 1. The minimum Gasteiger partial charge on any atom is -0.484 e. The Morgan fingerprint density at radius 1 is 1.11 bits per heavy atom. The van der Waals surface area contributed by atoms with Gasteiger partial charge < -0.3 is 14.5 Å². The number of aryl methyl sites for hydroxylation is 1. The third-order valence-electron chi connectivity index (χ3n) is 5.38. The second kappa shape index (κ2) is 10.3. The molecule has 0 fully saturated rings. The van der Waals surface area contributed by atoms with Gasteiger partial charge in [-0.25, -0.2) is 0 Å². The van der Waals surface area contributed by atoms with Crippen molar-refractivity contribution in [1.82, 2.24) is 9.78 Å². The molecule has 188 valence electrons. The Hall–Kier alpha value is -3.43. The maximum atomic E-state index is 13.0. The largest absolute Gasteiger partial charge is 0.484 e. The van der Waals surface area contributed by atoms with Crippen LogP contribution < -0.4 is 10.1 Å². The number of benzene rings is 2. The van der Waals surface area contributed by atoms with Crippen molar-refractivity contribution in [2.45, 2.75) is 33.2 Å². The predicted molar refractivity (Wildman–Crippen MR) is 130 cm³/mol. The monoisotopic (exact) mass is 537 g/mol. The Balaban J connectivity index is 1.44. The molecule has 0 aliphatic heterocycles. The molecule has 0 unspecified atom stereocenters. The smallest absolute Gasteiger partial charge is 0.416 e. The molecule has 6 nitrogen and oxygen atoms in total. The number of hydrogen-bond donors (Lipinski definition) is 1. The van der Waals surface area contributed by atoms with Crippen LogP contribution in [0.3, 0.4) is 0 Å². The summed E-state index contributed by atoms with van der Waals surface area (Å²) in [5, 5.41) is 7.77. The summed E-state index contributed by atoms with van der Waals surface area (Å²) in [6, 6.07) is 13.1. The van der Waals surface area contributed by atoms with Gasteiger partial charge in [0, 0.05) is 0 Å². The summed E-state index contributed by atoms with van der Waals surface area (Å²) in [5.41, 5.74) is 1.25. The zero-order chi connectivity index (χ0) is 26.0. The highest BCUT2D eigenvalue weighted by molar-refractivity contribution is 6.42. The fraction of sp³-hybridized carbons (Fsp3) is 0.200. The van der Waals surface area contributed by atoms with Crippen LogP contribution in [-0.4, -0.2) is 15.7 Å². The number of hydrogen-bond acceptors (Lipinski definition) is 4. The molecular weight excluding hydrogens is 518 g/mol. The maximum absolute atomic E-state index is 13.0.